The summed E-state index contributed by atoms with van der Waals surface area (Å²) in [5.74, 6) is -0.235. The smallest absolute Gasteiger partial charge is 0.270 e. The number of nitrogens with one attached hydrogen (secondary N) is 1. The minimum absolute atomic E-state index is 0.0371. The minimum Gasteiger partial charge on any atom is -0.497 e. The second kappa shape index (κ2) is 10.0. The van der Waals surface area contributed by atoms with Gasteiger partial charge in [0.2, 0.25) is 0 Å². The van der Waals surface area contributed by atoms with Crippen LogP contribution in [0.2, 0.25) is 0 Å². The average molecular weight is 397 g/mol. The lowest BCUT2D eigenvalue weighted by Crippen LogP contribution is -2.38. The van der Waals surface area contributed by atoms with Crippen LogP contribution in [0.4, 0.5) is 5.69 Å². The number of benzene rings is 2. The number of nitrogens with zero attached hydrogens (tertiary/aromatic N) is 2. The number of hydrogen-bond donors (Lipinski definition) is 1. The molecule has 0 atom stereocenters. The van der Waals surface area contributed by atoms with Gasteiger partial charge >= 0.3 is 0 Å². The lowest BCUT2D eigenvalue weighted by atomic mass is 10.1. The van der Waals surface area contributed by atoms with Gasteiger partial charge in [0.05, 0.1) is 12.0 Å². The Hall–Kier alpha value is -3.68. The van der Waals surface area contributed by atoms with Gasteiger partial charge in [-0.25, -0.2) is 0 Å². The quantitative estimate of drug-likeness (QED) is 0.419. The van der Waals surface area contributed by atoms with Crippen molar-refractivity contribution < 1.29 is 19.2 Å². The number of carbonyl (C=O) groups is 2. The second-order valence-corrected chi connectivity index (χ2v) is 6.07. The molecule has 0 saturated heterocycles. The van der Waals surface area contributed by atoms with Crippen LogP contribution in [0.25, 0.3) is 6.08 Å². The molecule has 0 radical (unpaired) electrons. The number of non-ortho nitro benzene ring substituents is 1. The zero-order valence-corrected chi connectivity index (χ0v) is 16.5. The summed E-state index contributed by atoms with van der Waals surface area (Å²) in [5, 5.41) is 13.7. The van der Waals surface area contributed by atoms with Crippen molar-refractivity contribution in [3.05, 3.63) is 75.5 Å². The number of nitro groups is 1. The molecule has 0 bridgehead atoms. The van der Waals surface area contributed by atoms with Crippen LogP contribution in [0.5, 0.6) is 5.75 Å². The molecule has 0 fully saturated rings. The monoisotopic (exact) mass is 397 g/mol. The number of methoxy groups -OCH3 is 1. The highest BCUT2D eigenvalue weighted by molar-refractivity contribution is 6.05. The Morgan fingerprint density at radius 1 is 1.14 bits per heavy atom. The van der Waals surface area contributed by atoms with Crippen LogP contribution >= 0.6 is 0 Å². The molecule has 0 spiro atoms. The van der Waals surface area contributed by atoms with Crippen molar-refractivity contribution in [3.8, 4) is 5.75 Å². The largest absolute Gasteiger partial charge is 0.497 e. The zero-order chi connectivity index (χ0) is 21.4. The standard InChI is InChI=1S/C21H23N3O5/c1-4-23(5-2)21(26)19(14-15-7-6-8-17(13-15)24(27)28)22-20(25)16-9-11-18(29-3)12-10-16/h6-14H,4-5H2,1-3H3,(H,22,25)/b19-14-. The Labute approximate surface area is 168 Å². The molecule has 0 aliphatic carbocycles. The lowest BCUT2D eigenvalue weighted by molar-refractivity contribution is -0.384. The Balaban J connectivity index is 2.38. The van der Waals surface area contributed by atoms with Gasteiger partial charge in [-0.1, -0.05) is 12.1 Å². The van der Waals surface area contributed by atoms with Crippen LogP contribution in [-0.4, -0.2) is 41.8 Å². The van der Waals surface area contributed by atoms with Crippen LogP contribution in [-0.2, 0) is 4.79 Å². The van der Waals surface area contributed by atoms with E-state index in [0.717, 1.165) is 0 Å². The van der Waals surface area contributed by atoms with Gasteiger partial charge in [-0.2, -0.15) is 0 Å². The first-order valence-corrected chi connectivity index (χ1v) is 9.10. The topological polar surface area (TPSA) is 102 Å². The van der Waals surface area contributed by atoms with E-state index in [1.54, 1.807) is 35.2 Å². The van der Waals surface area contributed by atoms with Gasteiger partial charge in [0.15, 0.2) is 0 Å². The van der Waals surface area contributed by atoms with E-state index in [4.69, 9.17) is 4.74 Å². The van der Waals surface area contributed by atoms with Gasteiger partial charge in [-0.15, -0.1) is 0 Å². The van der Waals surface area contributed by atoms with Crippen molar-refractivity contribution in [1.82, 2.24) is 10.2 Å². The summed E-state index contributed by atoms with van der Waals surface area (Å²) in [4.78, 5) is 37.6. The molecule has 0 unspecified atom stereocenters. The highest BCUT2D eigenvalue weighted by Crippen LogP contribution is 2.17. The molecule has 0 saturated carbocycles. The lowest BCUT2D eigenvalue weighted by Gasteiger charge is -2.21. The van der Waals surface area contributed by atoms with Crippen molar-refractivity contribution in [2.75, 3.05) is 20.2 Å². The maximum atomic E-state index is 12.9. The van der Waals surface area contributed by atoms with E-state index in [9.17, 15) is 19.7 Å². The molecular formula is C21H23N3O5. The van der Waals surface area contributed by atoms with Gasteiger partial charge in [0.25, 0.3) is 17.5 Å². The highest BCUT2D eigenvalue weighted by atomic mass is 16.6. The van der Waals surface area contributed by atoms with Crippen LogP contribution in [0, 0.1) is 10.1 Å². The molecule has 1 N–H and O–H groups in total. The molecule has 2 rings (SSSR count). The third-order valence-electron chi connectivity index (χ3n) is 4.27. The predicted octanol–water partition coefficient (Wildman–Crippen LogP) is 3.24. The van der Waals surface area contributed by atoms with Crippen LogP contribution in [0.15, 0.2) is 54.2 Å². The van der Waals surface area contributed by atoms with Crippen molar-refractivity contribution in [1.29, 1.82) is 0 Å². The first-order chi connectivity index (χ1) is 13.9. The van der Waals surface area contributed by atoms with Crippen molar-refractivity contribution >= 4 is 23.6 Å². The Morgan fingerprint density at radius 3 is 2.34 bits per heavy atom. The minimum atomic E-state index is -0.515. The predicted molar refractivity (Wildman–Crippen MR) is 109 cm³/mol. The first-order valence-electron chi connectivity index (χ1n) is 9.10. The molecule has 8 heteroatoms. The number of likely N-dealkylation sites (N-methyl/N-ethyl adjacent to an activating group) is 1. The third kappa shape index (κ3) is 5.65. The Kier molecular flexibility index (Phi) is 7.47. The fraction of sp³-hybridized carbons (Fsp3) is 0.238. The molecule has 29 heavy (non-hydrogen) atoms. The average Bonchev–Trinajstić information content (AvgIpc) is 2.74. The molecule has 0 aliphatic rings. The van der Waals surface area contributed by atoms with Crippen molar-refractivity contribution in [3.63, 3.8) is 0 Å². The van der Waals surface area contributed by atoms with E-state index >= 15 is 0 Å². The van der Waals surface area contributed by atoms with Crippen LogP contribution in [0.1, 0.15) is 29.8 Å². The fourth-order valence-corrected chi connectivity index (χ4v) is 2.66. The molecule has 0 aliphatic heterocycles. The van der Waals surface area contributed by atoms with Gasteiger partial charge < -0.3 is 15.0 Å². The number of nitro benzene ring substituents is 1. The summed E-state index contributed by atoms with van der Waals surface area (Å²) in [6, 6.07) is 12.3. The molecular weight excluding hydrogens is 374 g/mol. The Morgan fingerprint density at radius 2 is 1.79 bits per heavy atom. The summed E-state index contributed by atoms with van der Waals surface area (Å²) >= 11 is 0. The van der Waals surface area contributed by atoms with Crippen molar-refractivity contribution in [2.45, 2.75) is 13.8 Å². The summed E-state index contributed by atoms with van der Waals surface area (Å²) in [6.07, 6.45) is 1.44. The zero-order valence-electron chi connectivity index (χ0n) is 16.5. The number of rotatable bonds is 8. The van der Waals surface area contributed by atoms with E-state index in [1.165, 1.54) is 31.4 Å². The molecule has 0 aromatic heterocycles. The highest BCUT2D eigenvalue weighted by Gasteiger charge is 2.19. The number of carbonyl (C=O) groups excluding carboxylic acids is 2. The fourth-order valence-electron chi connectivity index (χ4n) is 2.66. The van der Waals surface area contributed by atoms with E-state index in [-0.39, 0.29) is 17.3 Å². The first kappa shape index (κ1) is 21.6. The third-order valence-corrected chi connectivity index (χ3v) is 4.27. The SMILES string of the molecule is CCN(CC)C(=O)/C(=C/c1cccc([N+](=O)[O-])c1)NC(=O)c1ccc(OC)cc1. The summed E-state index contributed by atoms with van der Waals surface area (Å²) in [5.41, 5.74) is 0.720. The van der Waals surface area contributed by atoms with E-state index in [2.05, 4.69) is 5.32 Å². The molecule has 2 amide bonds. The maximum absolute atomic E-state index is 12.9. The van der Waals surface area contributed by atoms with Crippen LogP contribution < -0.4 is 10.1 Å². The number of amides is 2. The summed E-state index contributed by atoms with van der Waals surface area (Å²) < 4.78 is 5.08. The molecule has 152 valence electrons. The summed E-state index contributed by atoms with van der Waals surface area (Å²) in [7, 11) is 1.53. The van der Waals surface area contributed by atoms with Crippen molar-refractivity contribution in [2.24, 2.45) is 0 Å². The maximum Gasteiger partial charge on any atom is 0.270 e. The van der Waals surface area contributed by atoms with E-state index in [0.29, 0.717) is 30.0 Å². The van der Waals surface area contributed by atoms with E-state index in [1.807, 2.05) is 13.8 Å². The number of ether oxygens (including phenoxy) is 1. The van der Waals surface area contributed by atoms with Gasteiger partial charge in [0.1, 0.15) is 11.4 Å². The molecule has 0 heterocycles. The van der Waals surface area contributed by atoms with Crippen LogP contribution in [0.3, 0.4) is 0 Å². The van der Waals surface area contributed by atoms with Gasteiger partial charge in [-0.05, 0) is 49.8 Å². The molecule has 8 nitrogen and oxygen atoms in total. The molecule has 2 aromatic rings. The Bertz CT molecular complexity index is 918. The van der Waals surface area contributed by atoms with Gasteiger partial charge in [0, 0.05) is 30.8 Å². The summed E-state index contributed by atoms with van der Waals surface area (Å²) in [6.45, 7) is 4.58. The van der Waals surface area contributed by atoms with E-state index < -0.39 is 10.8 Å². The molecule has 2 aromatic carbocycles. The second-order valence-electron chi connectivity index (χ2n) is 6.07. The normalized spacial score (nSPS) is 10.9. The van der Waals surface area contributed by atoms with Gasteiger partial charge in [-0.3, -0.25) is 19.7 Å². The number of hydrogen-bond acceptors (Lipinski definition) is 5.